The van der Waals surface area contributed by atoms with Gasteiger partial charge in [-0.1, -0.05) is 12.1 Å². The van der Waals surface area contributed by atoms with E-state index in [-0.39, 0.29) is 5.41 Å². The second kappa shape index (κ2) is 4.83. The minimum Gasteiger partial charge on any atom is -0.347 e. The summed E-state index contributed by atoms with van der Waals surface area (Å²) in [5.74, 6) is 0. The third kappa shape index (κ3) is 2.39. The molecule has 0 saturated heterocycles. The zero-order valence-electron chi connectivity index (χ0n) is 11.0. The molecule has 0 unspecified atom stereocenters. The maximum Gasteiger partial charge on any atom is 0.0684 e. The van der Waals surface area contributed by atoms with Gasteiger partial charge in [0, 0.05) is 30.2 Å². The lowest BCUT2D eigenvalue weighted by Crippen LogP contribution is -2.11. The first kappa shape index (κ1) is 12.7. The highest BCUT2D eigenvalue weighted by Crippen LogP contribution is 2.24. The first-order chi connectivity index (χ1) is 8.57. The lowest BCUT2D eigenvalue weighted by atomic mass is 9.91. The van der Waals surface area contributed by atoms with Crippen molar-refractivity contribution in [3.05, 3.63) is 36.0 Å². The predicted octanol–water partition coefficient (Wildman–Crippen LogP) is 3.04. The van der Waals surface area contributed by atoms with Crippen molar-refractivity contribution in [3.63, 3.8) is 0 Å². The largest absolute Gasteiger partial charge is 0.347 e. The summed E-state index contributed by atoms with van der Waals surface area (Å²) >= 11 is 0. The highest BCUT2D eigenvalue weighted by Gasteiger charge is 2.16. The standard InChI is InChI=1S/C15H19N3/c1-15(2,11-17)7-9-18-8-6-13-12(10-16)4-3-5-14(13)18/h3-6,8H,7,9-10,16H2,1-2H3. The van der Waals surface area contributed by atoms with Crippen LogP contribution < -0.4 is 5.73 Å². The van der Waals surface area contributed by atoms with Gasteiger partial charge in [-0.15, -0.1) is 0 Å². The molecule has 0 bridgehead atoms. The maximum atomic E-state index is 9.04. The molecule has 18 heavy (non-hydrogen) atoms. The number of benzene rings is 1. The average molecular weight is 241 g/mol. The topological polar surface area (TPSA) is 54.7 Å². The molecule has 1 aromatic carbocycles. The van der Waals surface area contributed by atoms with Crippen LogP contribution in [0.2, 0.25) is 0 Å². The number of hydrogen-bond donors (Lipinski definition) is 1. The summed E-state index contributed by atoms with van der Waals surface area (Å²) in [4.78, 5) is 0. The fourth-order valence-corrected chi connectivity index (χ4v) is 2.12. The minimum atomic E-state index is -0.276. The predicted molar refractivity (Wildman–Crippen MR) is 73.8 cm³/mol. The SMILES string of the molecule is CC(C)(C#N)CCn1ccc2c(CN)cccc21. The molecule has 2 aromatic rings. The summed E-state index contributed by atoms with van der Waals surface area (Å²) in [5.41, 5.74) is 7.83. The van der Waals surface area contributed by atoms with Crippen LogP contribution in [-0.2, 0) is 13.1 Å². The van der Waals surface area contributed by atoms with Crippen molar-refractivity contribution in [1.29, 1.82) is 5.26 Å². The second-order valence-corrected chi connectivity index (χ2v) is 5.31. The molecular formula is C15H19N3. The number of hydrogen-bond acceptors (Lipinski definition) is 2. The normalized spacial score (nSPS) is 11.7. The van der Waals surface area contributed by atoms with Crippen LogP contribution in [0.15, 0.2) is 30.5 Å². The summed E-state index contributed by atoms with van der Waals surface area (Å²) in [6, 6.07) is 10.7. The first-order valence-corrected chi connectivity index (χ1v) is 6.25. The Morgan fingerprint density at radius 3 is 2.78 bits per heavy atom. The zero-order valence-corrected chi connectivity index (χ0v) is 11.0. The average Bonchev–Trinajstić information content (AvgIpc) is 2.79. The van der Waals surface area contributed by atoms with E-state index < -0.39 is 0 Å². The van der Waals surface area contributed by atoms with Gasteiger partial charge in [0.2, 0.25) is 0 Å². The van der Waals surface area contributed by atoms with Crippen molar-refractivity contribution in [3.8, 4) is 6.07 Å². The summed E-state index contributed by atoms with van der Waals surface area (Å²) in [6.07, 6.45) is 2.93. The summed E-state index contributed by atoms with van der Waals surface area (Å²) in [7, 11) is 0. The molecule has 0 radical (unpaired) electrons. The lowest BCUT2D eigenvalue weighted by Gasteiger charge is -2.15. The summed E-state index contributed by atoms with van der Waals surface area (Å²) in [5, 5.41) is 10.3. The van der Waals surface area contributed by atoms with Gasteiger partial charge in [0.1, 0.15) is 0 Å². The third-order valence-electron chi connectivity index (χ3n) is 3.40. The molecule has 2 rings (SSSR count). The Labute approximate surface area is 108 Å². The molecule has 0 aliphatic rings. The molecule has 0 atom stereocenters. The van der Waals surface area contributed by atoms with Crippen LogP contribution in [0.4, 0.5) is 0 Å². The van der Waals surface area contributed by atoms with Gasteiger partial charge in [-0.3, -0.25) is 0 Å². The molecular weight excluding hydrogens is 222 g/mol. The Morgan fingerprint density at radius 2 is 2.11 bits per heavy atom. The van der Waals surface area contributed by atoms with Crippen LogP contribution in [0, 0.1) is 16.7 Å². The van der Waals surface area contributed by atoms with Gasteiger partial charge < -0.3 is 10.3 Å². The number of nitrogens with two attached hydrogens (primary N) is 1. The van der Waals surface area contributed by atoms with E-state index in [0.717, 1.165) is 13.0 Å². The van der Waals surface area contributed by atoms with Crippen LogP contribution in [0.5, 0.6) is 0 Å². The molecule has 0 spiro atoms. The molecule has 0 aliphatic heterocycles. The second-order valence-electron chi connectivity index (χ2n) is 5.31. The molecule has 3 heteroatoms. The number of rotatable bonds is 4. The van der Waals surface area contributed by atoms with E-state index in [2.05, 4.69) is 35.0 Å². The van der Waals surface area contributed by atoms with Crippen LogP contribution in [0.25, 0.3) is 10.9 Å². The Bertz CT molecular complexity index is 587. The van der Waals surface area contributed by atoms with Crippen molar-refractivity contribution >= 4 is 10.9 Å². The molecule has 94 valence electrons. The Hall–Kier alpha value is -1.79. The third-order valence-corrected chi connectivity index (χ3v) is 3.40. The Kier molecular flexibility index (Phi) is 3.40. The molecule has 3 nitrogen and oxygen atoms in total. The van der Waals surface area contributed by atoms with Crippen LogP contribution >= 0.6 is 0 Å². The van der Waals surface area contributed by atoms with E-state index >= 15 is 0 Å². The molecule has 0 aliphatic carbocycles. The van der Waals surface area contributed by atoms with Gasteiger partial charge in [-0.2, -0.15) is 5.26 Å². The highest BCUT2D eigenvalue weighted by atomic mass is 14.9. The monoisotopic (exact) mass is 241 g/mol. The van der Waals surface area contributed by atoms with Gasteiger partial charge in [-0.05, 0) is 38.0 Å². The van der Waals surface area contributed by atoms with Crippen LogP contribution in [0.1, 0.15) is 25.8 Å². The van der Waals surface area contributed by atoms with Crippen LogP contribution in [-0.4, -0.2) is 4.57 Å². The van der Waals surface area contributed by atoms with E-state index in [1.807, 2.05) is 19.9 Å². The molecule has 0 fully saturated rings. The van der Waals surface area contributed by atoms with Crippen molar-refractivity contribution in [2.24, 2.45) is 11.1 Å². The van der Waals surface area contributed by atoms with E-state index in [9.17, 15) is 0 Å². The van der Waals surface area contributed by atoms with Gasteiger partial charge >= 0.3 is 0 Å². The fourth-order valence-electron chi connectivity index (χ4n) is 2.12. The highest BCUT2D eigenvalue weighted by molar-refractivity contribution is 5.83. The van der Waals surface area contributed by atoms with Crippen molar-refractivity contribution in [2.75, 3.05) is 0 Å². The van der Waals surface area contributed by atoms with E-state index in [1.165, 1.54) is 16.5 Å². The lowest BCUT2D eigenvalue weighted by molar-refractivity contribution is 0.417. The van der Waals surface area contributed by atoms with Crippen molar-refractivity contribution < 1.29 is 0 Å². The summed E-state index contributed by atoms with van der Waals surface area (Å²) in [6.45, 7) is 5.37. The molecule has 1 heterocycles. The smallest absolute Gasteiger partial charge is 0.0684 e. The minimum absolute atomic E-state index is 0.276. The molecule has 0 amide bonds. The molecule has 2 N–H and O–H groups in total. The number of nitrogens with zero attached hydrogens (tertiary/aromatic N) is 2. The van der Waals surface area contributed by atoms with Gasteiger partial charge in [0.15, 0.2) is 0 Å². The van der Waals surface area contributed by atoms with E-state index in [4.69, 9.17) is 11.0 Å². The number of aromatic nitrogens is 1. The fraction of sp³-hybridized carbons (Fsp3) is 0.400. The molecule has 0 saturated carbocycles. The van der Waals surface area contributed by atoms with E-state index in [1.54, 1.807) is 0 Å². The van der Waals surface area contributed by atoms with E-state index in [0.29, 0.717) is 6.54 Å². The van der Waals surface area contributed by atoms with Crippen molar-refractivity contribution in [1.82, 2.24) is 4.57 Å². The number of aryl methyl sites for hydroxylation is 1. The Morgan fingerprint density at radius 1 is 1.33 bits per heavy atom. The van der Waals surface area contributed by atoms with Gasteiger partial charge in [-0.25, -0.2) is 0 Å². The maximum absolute atomic E-state index is 9.04. The quantitative estimate of drug-likeness (QED) is 0.894. The van der Waals surface area contributed by atoms with Crippen molar-refractivity contribution in [2.45, 2.75) is 33.4 Å². The van der Waals surface area contributed by atoms with Gasteiger partial charge in [0.25, 0.3) is 0 Å². The first-order valence-electron chi connectivity index (χ1n) is 6.25. The van der Waals surface area contributed by atoms with Gasteiger partial charge in [0.05, 0.1) is 11.5 Å². The van der Waals surface area contributed by atoms with Crippen LogP contribution in [0.3, 0.4) is 0 Å². The molecule has 1 aromatic heterocycles. The zero-order chi connectivity index (χ0) is 13.2. The summed E-state index contributed by atoms with van der Waals surface area (Å²) < 4.78 is 2.20. The number of fused-ring (bicyclic) bond motifs is 1. The number of nitriles is 1. The Balaban J connectivity index is 2.28.